The number of rotatable bonds is 5. The first kappa shape index (κ1) is 16.0. The minimum Gasteiger partial charge on any atom is -0.399 e. The topological polar surface area (TPSA) is 90.9 Å². The molecule has 0 bridgehead atoms. The van der Waals surface area contributed by atoms with E-state index >= 15 is 0 Å². The minimum absolute atomic E-state index is 0.192. The van der Waals surface area contributed by atoms with Gasteiger partial charge >= 0.3 is 0 Å². The number of nitrogens with zero attached hydrogens (tertiary/aromatic N) is 3. The molecule has 1 heterocycles. The van der Waals surface area contributed by atoms with Crippen molar-refractivity contribution < 1.29 is 8.42 Å². The maximum Gasteiger partial charge on any atom is 0.186 e. The quantitative estimate of drug-likeness (QED) is 0.812. The normalized spacial score (nSPS) is 12.0. The lowest BCUT2D eigenvalue weighted by Gasteiger charge is -2.10. The van der Waals surface area contributed by atoms with E-state index in [4.69, 9.17) is 5.73 Å². The van der Waals surface area contributed by atoms with Gasteiger partial charge in [0.15, 0.2) is 9.84 Å². The van der Waals surface area contributed by atoms with E-state index in [0.717, 1.165) is 0 Å². The molecule has 114 valence electrons. The van der Waals surface area contributed by atoms with Crippen LogP contribution < -0.4 is 5.73 Å². The Labute approximate surface area is 132 Å². The molecule has 1 aromatic heterocycles. The molecule has 0 unspecified atom stereocenters. The van der Waals surface area contributed by atoms with Crippen molar-refractivity contribution in [2.75, 3.05) is 5.73 Å². The summed E-state index contributed by atoms with van der Waals surface area (Å²) in [5.74, 6) is 0.603. The Morgan fingerprint density at radius 2 is 2.10 bits per heavy atom. The molecule has 0 radical (unpaired) electrons. The molecule has 1 aromatic carbocycles. The predicted molar refractivity (Wildman–Crippen MR) is 84.3 cm³/mol. The van der Waals surface area contributed by atoms with Gasteiger partial charge in [-0.1, -0.05) is 13.8 Å². The number of nitrogens with two attached hydrogens (primary N) is 1. The second kappa shape index (κ2) is 6.15. The van der Waals surface area contributed by atoms with Crippen LogP contribution in [0.2, 0.25) is 0 Å². The molecular weight excluding hydrogens is 356 g/mol. The van der Waals surface area contributed by atoms with Gasteiger partial charge in [-0.15, -0.1) is 0 Å². The number of hydrogen-bond acceptors (Lipinski definition) is 5. The molecule has 2 rings (SSSR count). The fourth-order valence-electron chi connectivity index (χ4n) is 1.92. The summed E-state index contributed by atoms with van der Waals surface area (Å²) in [6.45, 7) is 4.71. The van der Waals surface area contributed by atoms with Crippen LogP contribution in [0.5, 0.6) is 0 Å². The summed E-state index contributed by atoms with van der Waals surface area (Å²) >= 11 is 3.24. The molecule has 0 atom stereocenters. The molecule has 0 aliphatic heterocycles. The average molecular weight is 373 g/mol. The smallest absolute Gasteiger partial charge is 0.186 e. The van der Waals surface area contributed by atoms with Gasteiger partial charge in [0, 0.05) is 16.7 Å². The van der Waals surface area contributed by atoms with Gasteiger partial charge in [0.2, 0.25) is 0 Å². The number of anilines is 1. The second-order valence-electron chi connectivity index (χ2n) is 5.20. The molecule has 0 aliphatic rings. The summed E-state index contributed by atoms with van der Waals surface area (Å²) in [6.07, 6.45) is 1.38. The third-order valence-electron chi connectivity index (χ3n) is 2.84. The lowest BCUT2D eigenvalue weighted by atomic mass is 10.2. The summed E-state index contributed by atoms with van der Waals surface area (Å²) in [5.41, 5.74) is 6.14. The van der Waals surface area contributed by atoms with Gasteiger partial charge in [0.25, 0.3) is 0 Å². The zero-order chi connectivity index (χ0) is 15.6. The van der Waals surface area contributed by atoms with E-state index < -0.39 is 9.84 Å². The number of benzene rings is 1. The maximum absolute atomic E-state index is 12.5. The van der Waals surface area contributed by atoms with Gasteiger partial charge in [-0.25, -0.2) is 18.1 Å². The first-order chi connectivity index (χ1) is 9.79. The van der Waals surface area contributed by atoms with Crippen LogP contribution in [0.15, 0.2) is 33.9 Å². The molecule has 21 heavy (non-hydrogen) atoms. The van der Waals surface area contributed by atoms with Crippen LogP contribution in [0.3, 0.4) is 0 Å². The molecule has 0 amide bonds. The third-order valence-corrected chi connectivity index (χ3v) is 5.43. The number of halogens is 1. The van der Waals surface area contributed by atoms with E-state index in [0.29, 0.717) is 28.4 Å². The Morgan fingerprint density at radius 3 is 2.71 bits per heavy atom. The number of nitrogen functional groups attached to an aromatic ring is 1. The number of sulfone groups is 1. The van der Waals surface area contributed by atoms with Crippen LogP contribution in [0.1, 0.15) is 19.7 Å². The largest absolute Gasteiger partial charge is 0.399 e. The first-order valence-corrected chi connectivity index (χ1v) is 8.88. The Hall–Kier alpha value is -1.41. The van der Waals surface area contributed by atoms with Crippen molar-refractivity contribution in [2.24, 2.45) is 5.92 Å². The summed E-state index contributed by atoms with van der Waals surface area (Å²) in [5, 5.41) is 4.08. The van der Waals surface area contributed by atoms with Crippen molar-refractivity contribution in [1.82, 2.24) is 14.8 Å². The van der Waals surface area contributed by atoms with Gasteiger partial charge in [0.05, 0.1) is 4.90 Å². The summed E-state index contributed by atoms with van der Waals surface area (Å²) in [7, 11) is -3.51. The van der Waals surface area contributed by atoms with Crippen LogP contribution in [0, 0.1) is 5.92 Å². The number of aromatic nitrogens is 3. The van der Waals surface area contributed by atoms with Crippen LogP contribution in [0.4, 0.5) is 5.69 Å². The fraction of sp³-hybridized carbons (Fsp3) is 0.385. The molecule has 0 fully saturated rings. The van der Waals surface area contributed by atoms with E-state index in [1.165, 1.54) is 12.4 Å². The van der Waals surface area contributed by atoms with Crippen LogP contribution >= 0.6 is 15.9 Å². The SMILES string of the molecule is CC(C)Cn1ncnc1CS(=O)(=O)c1ccc(N)cc1Br. The van der Waals surface area contributed by atoms with E-state index in [-0.39, 0.29) is 10.6 Å². The van der Waals surface area contributed by atoms with Crippen LogP contribution in [-0.2, 0) is 22.1 Å². The molecule has 8 heteroatoms. The molecule has 6 nitrogen and oxygen atoms in total. The molecule has 2 N–H and O–H groups in total. The molecule has 0 saturated heterocycles. The molecule has 0 aliphatic carbocycles. The van der Waals surface area contributed by atoms with Crippen molar-refractivity contribution in [1.29, 1.82) is 0 Å². The zero-order valence-corrected chi connectivity index (χ0v) is 14.2. The molecular formula is C13H17BrN4O2S. The lowest BCUT2D eigenvalue weighted by Crippen LogP contribution is -2.15. The highest BCUT2D eigenvalue weighted by atomic mass is 79.9. The van der Waals surface area contributed by atoms with E-state index in [2.05, 4.69) is 26.0 Å². The van der Waals surface area contributed by atoms with Crippen LogP contribution in [0.25, 0.3) is 0 Å². The van der Waals surface area contributed by atoms with Crippen LogP contribution in [-0.4, -0.2) is 23.2 Å². The maximum atomic E-state index is 12.5. The highest BCUT2D eigenvalue weighted by Gasteiger charge is 2.22. The Kier molecular flexibility index (Phi) is 4.67. The molecule has 0 spiro atoms. The van der Waals surface area contributed by atoms with Crippen molar-refractivity contribution in [3.05, 3.63) is 34.8 Å². The predicted octanol–water partition coefficient (Wildman–Crippen LogP) is 2.25. The van der Waals surface area contributed by atoms with Crippen molar-refractivity contribution in [2.45, 2.75) is 31.0 Å². The first-order valence-electron chi connectivity index (χ1n) is 6.44. The lowest BCUT2D eigenvalue weighted by molar-refractivity contribution is 0.470. The monoisotopic (exact) mass is 372 g/mol. The van der Waals surface area contributed by atoms with Gasteiger partial charge in [0.1, 0.15) is 17.9 Å². The molecule has 2 aromatic rings. The Bertz CT molecular complexity index is 740. The Balaban J connectivity index is 2.32. The third kappa shape index (κ3) is 3.82. The van der Waals surface area contributed by atoms with Gasteiger partial charge in [-0.05, 0) is 40.0 Å². The van der Waals surface area contributed by atoms with Crippen molar-refractivity contribution in [3.8, 4) is 0 Å². The summed E-state index contributed by atoms with van der Waals surface area (Å²) in [4.78, 5) is 4.26. The highest BCUT2D eigenvalue weighted by molar-refractivity contribution is 9.10. The van der Waals surface area contributed by atoms with Crippen molar-refractivity contribution >= 4 is 31.5 Å². The average Bonchev–Trinajstić information content (AvgIpc) is 2.74. The van der Waals surface area contributed by atoms with Gasteiger partial charge in [-0.3, -0.25) is 0 Å². The summed E-state index contributed by atoms with van der Waals surface area (Å²) < 4.78 is 27.1. The second-order valence-corrected chi connectivity index (χ2v) is 8.01. The Morgan fingerprint density at radius 1 is 1.38 bits per heavy atom. The highest BCUT2D eigenvalue weighted by Crippen LogP contribution is 2.26. The fourth-order valence-corrected chi connectivity index (χ4v) is 4.40. The van der Waals surface area contributed by atoms with Crippen molar-refractivity contribution in [3.63, 3.8) is 0 Å². The minimum atomic E-state index is -3.51. The van der Waals surface area contributed by atoms with E-state index in [1.54, 1.807) is 16.8 Å². The summed E-state index contributed by atoms with van der Waals surface area (Å²) in [6, 6.07) is 4.64. The zero-order valence-electron chi connectivity index (χ0n) is 11.8. The van der Waals surface area contributed by atoms with Gasteiger partial charge < -0.3 is 5.73 Å². The van der Waals surface area contributed by atoms with E-state index in [9.17, 15) is 8.42 Å². The molecule has 0 saturated carbocycles. The number of hydrogen-bond donors (Lipinski definition) is 1. The van der Waals surface area contributed by atoms with Gasteiger partial charge in [-0.2, -0.15) is 5.10 Å². The van der Waals surface area contributed by atoms with E-state index in [1.807, 2.05) is 13.8 Å². The standard InChI is InChI=1S/C13H17BrN4O2S/c1-9(2)6-18-13(16-8-17-18)7-21(19,20)12-4-3-10(15)5-11(12)14/h3-5,8-9H,6-7,15H2,1-2H3.